The van der Waals surface area contributed by atoms with Gasteiger partial charge >= 0.3 is 0 Å². The van der Waals surface area contributed by atoms with Crippen LogP contribution in [0.1, 0.15) is 18.5 Å². The van der Waals surface area contributed by atoms with Crippen LogP contribution in [0.2, 0.25) is 0 Å². The van der Waals surface area contributed by atoms with Crippen molar-refractivity contribution in [3.8, 4) is 0 Å². The van der Waals surface area contributed by atoms with Gasteiger partial charge in [-0.3, -0.25) is 0 Å². The molecule has 0 aliphatic heterocycles. The molecule has 0 amide bonds. The number of halogens is 1. The third-order valence-corrected chi connectivity index (χ3v) is 3.06. The lowest BCUT2D eigenvalue weighted by molar-refractivity contribution is 0.609. The molecule has 0 unspecified atom stereocenters. The Bertz CT molecular complexity index is 383. The third-order valence-electron chi connectivity index (χ3n) is 1.69. The lowest BCUT2D eigenvalue weighted by atomic mass is 10.1. The van der Waals surface area contributed by atoms with Crippen LogP contribution in [0.5, 0.6) is 0 Å². The number of rotatable bonds is 2. The summed E-state index contributed by atoms with van der Waals surface area (Å²) in [6.45, 7) is 1.82. The van der Waals surface area contributed by atoms with Crippen molar-refractivity contribution in [3.05, 3.63) is 29.8 Å². The van der Waals surface area contributed by atoms with Gasteiger partial charge in [0, 0.05) is 16.7 Å². The van der Waals surface area contributed by atoms with Crippen LogP contribution < -0.4 is 5.73 Å². The smallest absolute Gasteiger partial charge is 0.261 e. The summed E-state index contributed by atoms with van der Waals surface area (Å²) in [5.74, 6) is 0. The third kappa shape index (κ3) is 2.69. The van der Waals surface area contributed by atoms with Gasteiger partial charge in [0.2, 0.25) is 0 Å². The van der Waals surface area contributed by atoms with Crippen LogP contribution in [0.4, 0.5) is 0 Å². The van der Waals surface area contributed by atoms with Crippen LogP contribution in [-0.4, -0.2) is 8.42 Å². The second-order valence-electron chi connectivity index (χ2n) is 2.80. The first kappa shape index (κ1) is 10.5. The quantitative estimate of drug-likeness (QED) is 0.770. The van der Waals surface area contributed by atoms with Gasteiger partial charge in [-0.2, -0.15) is 0 Å². The highest BCUT2D eigenvalue weighted by Crippen LogP contribution is 2.17. The number of benzene rings is 1. The highest BCUT2D eigenvalue weighted by molar-refractivity contribution is 8.13. The zero-order chi connectivity index (χ0) is 10.1. The first-order valence-corrected chi connectivity index (χ1v) is 6.02. The van der Waals surface area contributed by atoms with Crippen molar-refractivity contribution >= 4 is 19.7 Å². The minimum absolute atomic E-state index is 0.0959. The molecule has 0 radical (unpaired) electrons. The lowest BCUT2D eigenvalue weighted by Gasteiger charge is -2.04. The summed E-state index contributed by atoms with van der Waals surface area (Å²) in [7, 11) is 1.52. The monoisotopic (exact) mass is 219 g/mol. The maximum absolute atomic E-state index is 10.8. The van der Waals surface area contributed by atoms with Gasteiger partial charge in [-0.15, -0.1) is 0 Å². The second kappa shape index (κ2) is 3.65. The summed E-state index contributed by atoms with van der Waals surface area (Å²) in [6.07, 6.45) is 0. The van der Waals surface area contributed by atoms with E-state index in [9.17, 15) is 8.42 Å². The summed E-state index contributed by atoms with van der Waals surface area (Å²) in [5.41, 5.74) is 6.47. The molecule has 3 nitrogen and oxygen atoms in total. The average Bonchev–Trinajstić information content (AvgIpc) is 2.03. The van der Waals surface area contributed by atoms with Crippen molar-refractivity contribution in [2.24, 2.45) is 5.73 Å². The van der Waals surface area contributed by atoms with Gasteiger partial charge in [0.25, 0.3) is 9.05 Å². The van der Waals surface area contributed by atoms with E-state index < -0.39 is 9.05 Å². The lowest BCUT2D eigenvalue weighted by Crippen LogP contribution is -2.04. The van der Waals surface area contributed by atoms with Crippen LogP contribution in [0, 0.1) is 0 Å². The Morgan fingerprint density at radius 1 is 1.31 bits per heavy atom. The first-order valence-electron chi connectivity index (χ1n) is 3.71. The summed E-state index contributed by atoms with van der Waals surface area (Å²) < 4.78 is 21.7. The average molecular weight is 220 g/mol. The zero-order valence-electron chi connectivity index (χ0n) is 7.07. The molecule has 0 heterocycles. The summed E-state index contributed by atoms with van der Waals surface area (Å²) in [6, 6.07) is 6.09. The predicted molar refractivity (Wildman–Crippen MR) is 52.1 cm³/mol. The molecule has 0 fully saturated rings. The second-order valence-corrected chi connectivity index (χ2v) is 5.36. The highest BCUT2D eigenvalue weighted by atomic mass is 35.7. The van der Waals surface area contributed by atoms with Crippen LogP contribution >= 0.6 is 10.7 Å². The van der Waals surface area contributed by atoms with Gasteiger partial charge in [-0.25, -0.2) is 8.42 Å². The van der Waals surface area contributed by atoms with E-state index >= 15 is 0 Å². The fourth-order valence-electron chi connectivity index (χ4n) is 0.934. The van der Waals surface area contributed by atoms with Crippen molar-refractivity contribution in [1.82, 2.24) is 0 Å². The molecule has 72 valence electrons. The molecule has 0 saturated heterocycles. The normalized spacial score (nSPS) is 14.1. The van der Waals surface area contributed by atoms with Gasteiger partial charge in [-0.1, -0.05) is 12.1 Å². The zero-order valence-corrected chi connectivity index (χ0v) is 8.64. The molecule has 5 heteroatoms. The van der Waals surface area contributed by atoms with Crippen LogP contribution in [0.15, 0.2) is 29.2 Å². The van der Waals surface area contributed by atoms with Gasteiger partial charge in [0.05, 0.1) is 4.90 Å². The predicted octanol–water partition coefficient (Wildman–Crippen LogP) is 1.63. The topological polar surface area (TPSA) is 60.2 Å². The first-order chi connectivity index (χ1) is 5.91. The Morgan fingerprint density at radius 2 is 1.77 bits per heavy atom. The van der Waals surface area contributed by atoms with E-state index in [0.29, 0.717) is 0 Å². The SMILES string of the molecule is C[C@H](N)c1ccc(S(=O)(=O)Cl)cc1. The van der Waals surface area contributed by atoms with E-state index in [-0.39, 0.29) is 10.9 Å². The molecule has 1 aromatic rings. The molecular formula is C8H10ClNO2S. The number of hydrogen-bond acceptors (Lipinski definition) is 3. The van der Waals surface area contributed by atoms with E-state index in [1.54, 1.807) is 12.1 Å². The maximum Gasteiger partial charge on any atom is 0.261 e. The molecule has 2 N–H and O–H groups in total. The molecule has 1 atom stereocenters. The van der Waals surface area contributed by atoms with E-state index in [1.165, 1.54) is 12.1 Å². The van der Waals surface area contributed by atoms with Crippen LogP contribution in [0.25, 0.3) is 0 Å². The molecule has 0 bridgehead atoms. The molecule has 1 rings (SSSR count). The molecule has 0 saturated carbocycles. The minimum Gasteiger partial charge on any atom is -0.324 e. The Kier molecular flexibility index (Phi) is 2.95. The van der Waals surface area contributed by atoms with E-state index in [1.807, 2.05) is 6.92 Å². The molecule has 0 aromatic heterocycles. The Labute approximate surface area is 81.9 Å². The van der Waals surface area contributed by atoms with Crippen molar-refractivity contribution in [1.29, 1.82) is 0 Å². The minimum atomic E-state index is -3.61. The van der Waals surface area contributed by atoms with Crippen LogP contribution in [-0.2, 0) is 9.05 Å². The van der Waals surface area contributed by atoms with E-state index in [0.717, 1.165) is 5.56 Å². The molecule has 13 heavy (non-hydrogen) atoms. The summed E-state index contributed by atoms with van der Waals surface area (Å²) in [4.78, 5) is 0.0959. The van der Waals surface area contributed by atoms with Crippen molar-refractivity contribution in [3.63, 3.8) is 0 Å². The van der Waals surface area contributed by atoms with Crippen molar-refractivity contribution in [2.45, 2.75) is 17.9 Å². The maximum atomic E-state index is 10.8. The van der Waals surface area contributed by atoms with Gasteiger partial charge in [-0.05, 0) is 24.6 Å². The van der Waals surface area contributed by atoms with E-state index in [4.69, 9.17) is 16.4 Å². The number of nitrogens with two attached hydrogens (primary N) is 1. The largest absolute Gasteiger partial charge is 0.324 e. The Morgan fingerprint density at radius 3 is 2.08 bits per heavy atom. The summed E-state index contributed by atoms with van der Waals surface area (Å²) in [5, 5.41) is 0. The standard InChI is InChI=1S/C8H10ClNO2S/c1-6(10)7-2-4-8(5-3-7)13(9,11)12/h2-6H,10H2,1H3/t6-/m0/s1. The van der Waals surface area contributed by atoms with E-state index in [2.05, 4.69) is 0 Å². The van der Waals surface area contributed by atoms with Crippen LogP contribution in [0.3, 0.4) is 0 Å². The summed E-state index contributed by atoms with van der Waals surface area (Å²) >= 11 is 0. The molecule has 0 aliphatic carbocycles. The van der Waals surface area contributed by atoms with Gasteiger partial charge < -0.3 is 5.73 Å². The molecular weight excluding hydrogens is 210 g/mol. The Balaban J connectivity index is 3.08. The fourth-order valence-corrected chi connectivity index (χ4v) is 1.70. The molecule has 1 aromatic carbocycles. The molecule has 0 aliphatic rings. The molecule has 0 spiro atoms. The van der Waals surface area contributed by atoms with Gasteiger partial charge in [0.15, 0.2) is 0 Å². The van der Waals surface area contributed by atoms with Crippen molar-refractivity contribution < 1.29 is 8.42 Å². The highest BCUT2D eigenvalue weighted by Gasteiger charge is 2.09. The number of hydrogen-bond donors (Lipinski definition) is 1. The van der Waals surface area contributed by atoms with Crippen molar-refractivity contribution in [2.75, 3.05) is 0 Å². The van der Waals surface area contributed by atoms with Gasteiger partial charge in [0.1, 0.15) is 0 Å². The Hall–Kier alpha value is -0.580. The fraction of sp³-hybridized carbons (Fsp3) is 0.250.